The van der Waals surface area contributed by atoms with E-state index in [1.54, 1.807) is 0 Å². The molecule has 0 atom stereocenters. The molecule has 0 aliphatic carbocycles. The number of ether oxygens (including phenoxy) is 1. The standard InChI is InChI=1S/C22H25N2O3/c1-16-21(15-25)27-20-7-4-6-19(22(16)20)26-13-5-12-23-14-17-8-10-18(11-9-17)24(2)3/h4,6-11,23H,5,12-14H2,1-3H3. The van der Waals surface area contributed by atoms with Gasteiger partial charge in [-0.2, -0.15) is 0 Å². The summed E-state index contributed by atoms with van der Waals surface area (Å²) in [6.07, 6.45) is 2.72. The maximum atomic E-state index is 10.9. The Morgan fingerprint density at radius 3 is 2.63 bits per heavy atom. The van der Waals surface area contributed by atoms with Crippen molar-refractivity contribution >= 4 is 22.9 Å². The number of nitrogens with one attached hydrogen (secondary N) is 1. The zero-order chi connectivity index (χ0) is 19.2. The molecule has 0 aliphatic rings. The van der Waals surface area contributed by atoms with E-state index in [2.05, 4.69) is 34.5 Å². The van der Waals surface area contributed by atoms with Crippen LogP contribution in [0.3, 0.4) is 0 Å². The molecule has 5 heteroatoms. The second-order valence-corrected chi connectivity index (χ2v) is 6.73. The molecule has 0 saturated heterocycles. The van der Waals surface area contributed by atoms with Crippen molar-refractivity contribution in [1.29, 1.82) is 0 Å². The molecule has 1 aromatic heterocycles. The van der Waals surface area contributed by atoms with Crippen LogP contribution in [0.4, 0.5) is 5.69 Å². The Balaban J connectivity index is 1.46. The molecule has 0 unspecified atom stereocenters. The van der Waals surface area contributed by atoms with Crippen LogP contribution in [0.25, 0.3) is 11.0 Å². The largest absolute Gasteiger partial charge is 0.493 e. The third-order valence-electron chi connectivity index (χ3n) is 4.55. The van der Waals surface area contributed by atoms with Gasteiger partial charge < -0.3 is 19.4 Å². The molecular weight excluding hydrogens is 340 g/mol. The fourth-order valence-electron chi connectivity index (χ4n) is 3.01. The van der Waals surface area contributed by atoms with Crippen molar-refractivity contribution in [3.05, 3.63) is 59.4 Å². The van der Waals surface area contributed by atoms with Gasteiger partial charge in [0.15, 0.2) is 5.76 Å². The van der Waals surface area contributed by atoms with Crippen LogP contribution in [-0.2, 0) is 11.3 Å². The Morgan fingerprint density at radius 2 is 1.93 bits per heavy atom. The maximum Gasteiger partial charge on any atom is 0.272 e. The van der Waals surface area contributed by atoms with Gasteiger partial charge in [-0.25, -0.2) is 0 Å². The molecule has 5 nitrogen and oxygen atoms in total. The molecule has 1 N–H and O–H groups in total. The highest BCUT2D eigenvalue weighted by molar-refractivity contribution is 5.93. The van der Waals surface area contributed by atoms with Gasteiger partial charge in [0.2, 0.25) is 0 Å². The number of anilines is 1. The van der Waals surface area contributed by atoms with Crippen LogP contribution in [0.5, 0.6) is 5.75 Å². The van der Waals surface area contributed by atoms with Gasteiger partial charge in [-0.15, -0.1) is 0 Å². The third-order valence-corrected chi connectivity index (χ3v) is 4.55. The molecule has 0 spiro atoms. The SMILES string of the molecule is Cc1c([C]=O)oc2cccc(OCCCNCc3ccc(N(C)C)cc3)c12. The molecular formula is C22H25N2O3. The van der Waals surface area contributed by atoms with Gasteiger partial charge in [0.1, 0.15) is 11.3 Å². The first-order chi connectivity index (χ1) is 13.1. The Labute approximate surface area is 159 Å². The summed E-state index contributed by atoms with van der Waals surface area (Å²) in [5, 5.41) is 4.29. The van der Waals surface area contributed by atoms with Crippen molar-refractivity contribution in [2.45, 2.75) is 19.9 Å². The zero-order valence-corrected chi connectivity index (χ0v) is 16.0. The highest BCUT2D eigenvalue weighted by atomic mass is 16.5. The predicted molar refractivity (Wildman–Crippen MR) is 108 cm³/mol. The summed E-state index contributed by atoms with van der Waals surface area (Å²) in [5.41, 5.74) is 3.89. The van der Waals surface area contributed by atoms with Gasteiger partial charge in [0.25, 0.3) is 6.29 Å². The number of nitrogens with zero attached hydrogens (tertiary/aromatic N) is 1. The van der Waals surface area contributed by atoms with Gasteiger partial charge in [0.05, 0.1) is 12.0 Å². The van der Waals surface area contributed by atoms with Crippen molar-refractivity contribution in [2.75, 3.05) is 32.1 Å². The average Bonchev–Trinajstić information content (AvgIpc) is 3.01. The predicted octanol–water partition coefficient (Wildman–Crippen LogP) is 3.82. The lowest BCUT2D eigenvalue weighted by molar-refractivity contribution is 0.311. The van der Waals surface area contributed by atoms with Crippen LogP contribution >= 0.6 is 0 Å². The van der Waals surface area contributed by atoms with E-state index < -0.39 is 0 Å². The number of aryl methyl sites for hydroxylation is 1. The topological polar surface area (TPSA) is 54.7 Å². The molecule has 0 bridgehead atoms. The van der Waals surface area contributed by atoms with Crippen LogP contribution in [0.2, 0.25) is 0 Å². The highest BCUT2D eigenvalue weighted by Gasteiger charge is 2.14. The van der Waals surface area contributed by atoms with Crippen molar-refractivity contribution in [2.24, 2.45) is 0 Å². The summed E-state index contributed by atoms with van der Waals surface area (Å²) in [5.74, 6) is 0.984. The van der Waals surface area contributed by atoms with Gasteiger partial charge in [-0.1, -0.05) is 18.2 Å². The van der Waals surface area contributed by atoms with Crippen LogP contribution in [-0.4, -0.2) is 33.5 Å². The van der Waals surface area contributed by atoms with Crippen LogP contribution in [0, 0.1) is 6.92 Å². The summed E-state index contributed by atoms with van der Waals surface area (Å²) < 4.78 is 11.4. The first kappa shape index (κ1) is 19.0. The normalized spacial score (nSPS) is 10.9. The summed E-state index contributed by atoms with van der Waals surface area (Å²) in [7, 11) is 4.08. The first-order valence-electron chi connectivity index (χ1n) is 9.10. The fraction of sp³-hybridized carbons (Fsp3) is 0.318. The van der Waals surface area contributed by atoms with Crippen LogP contribution < -0.4 is 15.0 Å². The smallest absolute Gasteiger partial charge is 0.272 e. The number of hydrogen-bond donors (Lipinski definition) is 1. The van der Waals surface area contributed by atoms with E-state index in [-0.39, 0.29) is 5.76 Å². The molecule has 3 aromatic rings. The lowest BCUT2D eigenvalue weighted by atomic mass is 10.1. The Bertz CT molecular complexity index is 898. The lowest BCUT2D eigenvalue weighted by Gasteiger charge is -2.13. The fourth-order valence-corrected chi connectivity index (χ4v) is 3.01. The van der Waals surface area contributed by atoms with E-state index in [0.29, 0.717) is 12.2 Å². The highest BCUT2D eigenvalue weighted by Crippen LogP contribution is 2.32. The van der Waals surface area contributed by atoms with Crippen molar-refractivity contribution in [3.63, 3.8) is 0 Å². The second-order valence-electron chi connectivity index (χ2n) is 6.73. The number of benzene rings is 2. The van der Waals surface area contributed by atoms with E-state index in [9.17, 15) is 4.79 Å². The molecule has 2 aromatic carbocycles. The molecule has 141 valence electrons. The first-order valence-corrected chi connectivity index (χ1v) is 9.10. The van der Waals surface area contributed by atoms with Gasteiger partial charge in [-0.05, 0) is 49.7 Å². The number of rotatable bonds is 9. The van der Waals surface area contributed by atoms with Crippen LogP contribution in [0.15, 0.2) is 46.9 Å². The molecule has 1 radical (unpaired) electrons. The molecule has 0 aliphatic heterocycles. The Kier molecular flexibility index (Phi) is 6.14. The van der Waals surface area contributed by atoms with Crippen molar-refractivity contribution in [3.8, 4) is 5.75 Å². The lowest BCUT2D eigenvalue weighted by Crippen LogP contribution is -2.17. The monoisotopic (exact) mass is 365 g/mol. The van der Waals surface area contributed by atoms with Crippen molar-refractivity contribution < 1.29 is 13.9 Å². The minimum atomic E-state index is 0.239. The summed E-state index contributed by atoms with van der Waals surface area (Å²) in [6, 6.07) is 14.1. The van der Waals surface area contributed by atoms with Crippen molar-refractivity contribution in [1.82, 2.24) is 5.32 Å². The number of fused-ring (bicyclic) bond motifs is 1. The molecule has 3 rings (SSSR count). The summed E-state index contributed by atoms with van der Waals surface area (Å²) in [6.45, 7) is 4.14. The molecule has 27 heavy (non-hydrogen) atoms. The Morgan fingerprint density at radius 1 is 1.15 bits per heavy atom. The molecule has 1 heterocycles. The zero-order valence-electron chi connectivity index (χ0n) is 16.0. The summed E-state index contributed by atoms with van der Waals surface area (Å²) in [4.78, 5) is 13.0. The van der Waals surface area contributed by atoms with E-state index >= 15 is 0 Å². The van der Waals surface area contributed by atoms with E-state index in [1.807, 2.05) is 45.5 Å². The van der Waals surface area contributed by atoms with Gasteiger partial charge in [-0.3, -0.25) is 4.79 Å². The van der Waals surface area contributed by atoms with E-state index in [4.69, 9.17) is 9.15 Å². The van der Waals surface area contributed by atoms with Gasteiger partial charge >= 0.3 is 0 Å². The third kappa shape index (κ3) is 4.49. The minimum absolute atomic E-state index is 0.239. The van der Waals surface area contributed by atoms with E-state index in [1.165, 1.54) is 11.3 Å². The van der Waals surface area contributed by atoms with Gasteiger partial charge in [0, 0.05) is 31.9 Å². The Hall–Kier alpha value is -2.79. The molecule has 0 saturated carbocycles. The number of hydrogen-bond acceptors (Lipinski definition) is 5. The summed E-state index contributed by atoms with van der Waals surface area (Å²) >= 11 is 0. The van der Waals surface area contributed by atoms with E-state index in [0.717, 1.165) is 36.2 Å². The molecule has 0 amide bonds. The van der Waals surface area contributed by atoms with Crippen LogP contribution in [0.1, 0.15) is 23.3 Å². The molecule has 0 fully saturated rings. The minimum Gasteiger partial charge on any atom is -0.493 e. The average molecular weight is 365 g/mol. The second kappa shape index (κ2) is 8.73. The quantitative estimate of drug-likeness (QED) is 0.584. The maximum absolute atomic E-state index is 10.9. The number of furan rings is 1. The number of carbonyl (C=O) groups excluding carboxylic acids is 1.